The molecule has 0 aliphatic rings. The number of hydrogen-bond donors (Lipinski definition) is 1. The van der Waals surface area contributed by atoms with Gasteiger partial charge in [-0.1, -0.05) is 29.8 Å². The number of thioether (sulfide) groups is 1. The molecule has 0 saturated heterocycles. The highest BCUT2D eigenvalue weighted by Crippen LogP contribution is 2.14. The summed E-state index contributed by atoms with van der Waals surface area (Å²) in [6, 6.07) is 8.43. The largest absolute Gasteiger partial charge is 0.341 e. The molecule has 1 aromatic carbocycles. The Labute approximate surface area is 123 Å². The number of nitrogens with one attached hydrogen (secondary N) is 1. The number of carbonyl (C=O) groups is 1. The molecule has 0 aliphatic heterocycles. The van der Waals surface area contributed by atoms with Gasteiger partial charge in [-0.05, 0) is 12.5 Å². The average Bonchev–Trinajstić information content (AvgIpc) is 2.93. The summed E-state index contributed by atoms with van der Waals surface area (Å²) in [7, 11) is 1.82. The Hall–Kier alpha value is -1.75. The van der Waals surface area contributed by atoms with E-state index >= 15 is 0 Å². The quantitative estimate of drug-likeness (QED) is 0.889. The van der Waals surface area contributed by atoms with Gasteiger partial charge in [0.15, 0.2) is 0 Å². The van der Waals surface area contributed by atoms with Crippen LogP contribution in [0.15, 0.2) is 36.7 Å². The zero-order valence-electron chi connectivity index (χ0n) is 11.8. The predicted octanol–water partition coefficient (Wildman–Crippen LogP) is 2.61. The molecule has 0 aliphatic carbocycles. The molecule has 1 N–H and O–H groups in total. The van der Waals surface area contributed by atoms with E-state index in [1.54, 1.807) is 22.9 Å². The van der Waals surface area contributed by atoms with Gasteiger partial charge in [0.1, 0.15) is 0 Å². The fourth-order valence-corrected chi connectivity index (χ4v) is 2.70. The third-order valence-corrected chi connectivity index (χ3v) is 4.00. The number of rotatable bonds is 6. The first-order valence-electron chi connectivity index (χ1n) is 6.50. The van der Waals surface area contributed by atoms with Crippen molar-refractivity contribution in [2.45, 2.75) is 19.2 Å². The molecule has 1 aromatic heterocycles. The van der Waals surface area contributed by atoms with E-state index in [1.807, 2.05) is 13.2 Å². The van der Waals surface area contributed by atoms with E-state index in [1.165, 1.54) is 11.1 Å². The second-order valence-corrected chi connectivity index (χ2v) is 5.82. The van der Waals surface area contributed by atoms with Crippen molar-refractivity contribution < 1.29 is 4.79 Å². The van der Waals surface area contributed by atoms with Gasteiger partial charge in [-0.25, -0.2) is 0 Å². The highest BCUT2D eigenvalue weighted by Gasteiger charge is 2.09. The van der Waals surface area contributed by atoms with Crippen LogP contribution < -0.4 is 0 Å². The molecule has 106 valence electrons. The van der Waals surface area contributed by atoms with E-state index in [9.17, 15) is 4.79 Å². The second-order valence-electron chi connectivity index (χ2n) is 4.83. The van der Waals surface area contributed by atoms with Crippen molar-refractivity contribution in [1.29, 1.82) is 0 Å². The van der Waals surface area contributed by atoms with Crippen molar-refractivity contribution in [3.05, 3.63) is 53.3 Å². The smallest absolute Gasteiger partial charge is 0.232 e. The van der Waals surface area contributed by atoms with E-state index in [-0.39, 0.29) is 5.91 Å². The van der Waals surface area contributed by atoms with Crippen LogP contribution in [0.1, 0.15) is 16.7 Å². The number of carbonyl (C=O) groups excluding carboxylic acids is 1. The molecule has 5 heteroatoms. The Balaban J connectivity index is 1.73. The predicted molar refractivity (Wildman–Crippen MR) is 82.4 cm³/mol. The number of benzene rings is 1. The first-order chi connectivity index (χ1) is 9.65. The highest BCUT2D eigenvalue weighted by atomic mass is 32.2. The molecule has 20 heavy (non-hydrogen) atoms. The zero-order chi connectivity index (χ0) is 14.4. The van der Waals surface area contributed by atoms with Crippen molar-refractivity contribution in [3.8, 4) is 0 Å². The summed E-state index contributed by atoms with van der Waals surface area (Å²) in [5, 5.41) is 6.63. The molecule has 0 atom stereocenters. The zero-order valence-corrected chi connectivity index (χ0v) is 12.6. The van der Waals surface area contributed by atoms with Crippen LogP contribution in [0.4, 0.5) is 0 Å². The number of aryl methyl sites for hydroxylation is 1. The minimum Gasteiger partial charge on any atom is -0.341 e. The fraction of sp³-hybridized carbons (Fsp3) is 0.333. The molecule has 4 nitrogen and oxygen atoms in total. The van der Waals surface area contributed by atoms with Gasteiger partial charge in [-0.2, -0.15) is 5.10 Å². The summed E-state index contributed by atoms with van der Waals surface area (Å²) >= 11 is 1.65. The first kappa shape index (κ1) is 14.7. The summed E-state index contributed by atoms with van der Waals surface area (Å²) in [5.41, 5.74) is 3.53. The topological polar surface area (TPSA) is 49.0 Å². The summed E-state index contributed by atoms with van der Waals surface area (Å²) in [5.74, 6) is 1.51. The number of H-pyrrole nitrogens is 1. The van der Waals surface area contributed by atoms with Crippen LogP contribution >= 0.6 is 11.8 Å². The SMILES string of the molecule is Cc1ccc(CSCC(=O)N(C)Cc2cn[nH]c2)cc1. The van der Waals surface area contributed by atoms with Gasteiger partial charge in [-0.3, -0.25) is 9.89 Å². The molecule has 0 bridgehead atoms. The Bertz CT molecular complexity index is 537. The van der Waals surface area contributed by atoms with Crippen LogP contribution in [0.2, 0.25) is 0 Å². The molecular formula is C15H19N3OS. The number of amides is 1. The van der Waals surface area contributed by atoms with Gasteiger partial charge >= 0.3 is 0 Å². The van der Waals surface area contributed by atoms with Crippen LogP contribution in [0.5, 0.6) is 0 Å². The number of aromatic nitrogens is 2. The molecule has 0 unspecified atom stereocenters. The Morgan fingerprint density at radius 1 is 1.30 bits per heavy atom. The number of aromatic amines is 1. The molecule has 0 fully saturated rings. The maximum Gasteiger partial charge on any atom is 0.232 e. The molecule has 0 radical (unpaired) electrons. The molecule has 0 saturated carbocycles. The molecule has 1 amide bonds. The van der Waals surface area contributed by atoms with Crippen molar-refractivity contribution in [3.63, 3.8) is 0 Å². The van der Waals surface area contributed by atoms with E-state index in [0.29, 0.717) is 12.3 Å². The lowest BCUT2D eigenvalue weighted by Crippen LogP contribution is -2.27. The summed E-state index contributed by atoms with van der Waals surface area (Å²) in [4.78, 5) is 13.7. The van der Waals surface area contributed by atoms with Crippen molar-refractivity contribution in [2.24, 2.45) is 0 Å². The fourth-order valence-electron chi connectivity index (χ4n) is 1.78. The van der Waals surface area contributed by atoms with Gasteiger partial charge in [-0.15, -0.1) is 11.8 Å². The second kappa shape index (κ2) is 7.14. The minimum atomic E-state index is 0.142. The standard InChI is InChI=1S/C15H19N3OS/c1-12-3-5-13(6-4-12)10-20-11-15(19)18(2)9-14-7-16-17-8-14/h3-8H,9-11H2,1-2H3,(H,16,17). The molecule has 0 spiro atoms. The van der Waals surface area contributed by atoms with Gasteiger partial charge in [0.05, 0.1) is 11.9 Å². The van der Waals surface area contributed by atoms with E-state index < -0.39 is 0 Å². The lowest BCUT2D eigenvalue weighted by atomic mass is 10.2. The van der Waals surface area contributed by atoms with Crippen LogP contribution in [-0.2, 0) is 17.1 Å². The Morgan fingerprint density at radius 3 is 2.70 bits per heavy atom. The van der Waals surface area contributed by atoms with Gasteiger partial charge in [0.25, 0.3) is 0 Å². The van der Waals surface area contributed by atoms with Crippen molar-refractivity contribution in [2.75, 3.05) is 12.8 Å². The van der Waals surface area contributed by atoms with Crippen molar-refractivity contribution in [1.82, 2.24) is 15.1 Å². The van der Waals surface area contributed by atoms with Crippen LogP contribution in [0, 0.1) is 6.92 Å². The molecule has 2 aromatic rings. The van der Waals surface area contributed by atoms with Gasteiger partial charge in [0.2, 0.25) is 5.91 Å². The molecule has 2 rings (SSSR count). The lowest BCUT2D eigenvalue weighted by Gasteiger charge is -2.15. The Morgan fingerprint density at radius 2 is 2.05 bits per heavy atom. The van der Waals surface area contributed by atoms with Gasteiger partial charge < -0.3 is 4.90 Å². The molecular weight excluding hydrogens is 270 g/mol. The minimum absolute atomic E-state index is 0.142. The van der Waals surface area contributed by atoms with Gasteiger partial charge in [0, 0.05) is 31.1 Å². The van der Waals surface area contributed by atoms with Crippen LogP contribution in [0.3, 0.4) is 0 Å². The highest BCUT2D eigenvalue weighted by molar-refractivity contribution is 7.99. The lowest BCUT2D eigenvalue weighted by molar-refractivity contribution is -0.127. The normalized spacial score (nSPS) is 10.5. The molecule has 1 heterocycles. The van der Waals surface area contributed by atoms with Crippen LogP contribution in [-0.4, -0.2) is 33.8 Å². The monoisotopic (exact) mass is 289 g/mol. The van der Waals surface area contributed by atoms with E-state index in [0.717, 1.165) is 11.3 Å². The third-order valence-electron chi connectivity index (χ3n) is 3.02. The first-order valence-corrected chi connectivity index (χ1v) is 7.65. The maximum atomic E-state index is 12.0. The maximum absolute atomic E-state index is 12.0. The van der Waals surface area contributed by atoms with E-state index in [2.05, 4.69) is 41.4 Å². The number of nitrogens with zero attached hydrogens (tertiary/aromatic N) is 2. The summed E-state index contributed by atoms with van der Waals surface area (Å²) in [6.45, 7) is 2.67. The van der Waals surface area contributed by atoms with Crippen LogP contribution in [0.25, 0.3) is 0 Å². The third kappa shape index (κ3) is 4.42. The number of hydrogen-bond acceptors (Lipinski definition) is 3. The summed E-state index contributed by atoms with van der Waals surface area (Å²) < 4.78 is 0. The Kier molecular flexibility index (Phi) is 5.24. The van der Waals surface area contributed by atoms with Crippen molar-refractivity contribution >= 4 is 17.7 Å². The van der Waals surface area contributed by atoms with E-state index in [4.69, 9.17) is 0 Å². The summed E-state index contributed by atoms with van der Waals surface area (Å²) in [6.07, 6.45) is 3.55. The average molecular weight is 289 g/mol.